The highest BCUT2D eigenvalue weighted by atomic mass is 15.1. The van der Waals surface area contributed by atoms with Crippen molar-refractivity contribution >= 4 is 185 Å². The summed E-state index contributed by atoms with van der Waals surface area (Å²) in [4.78, 5) is 4.64. The number of fused-ring (bicyclic) bond motifs is 17. The zero-order valence-corrected chi connectivity index (χ0v) is 70.8. The summed E-state index contributed by atoms with van der Waals surface area (Å²) in [5.74, 6) is 0. The summed E-state index contributed by atoms with van der Waals surface area (Å²) < 4.78 is 4.99. The van der Waals surface area contributed by atoms with Crippen LogP contribution in [0.2, 0.25) is 0 Å². The van der Waals surface area contributed by atoms with Gasteiger partial charge in [-0.05, 0) is 303 Å². The van der Waals surface area contributed by atoms with Gasteiger partial charge in [-0.3, -0.25) is 0 Å². The summed E-state index contributed by atoms with van der Waals surface area (Å²) in [5, 5.41) is 30.8. The molecular formula is C126H78N4. The van der Waals surface area contributed by atoms with Gasteiger partial charge in [-0.15, -0.1) is 0 Å². The summed E-state index contributed by atoms with van der Waals surface area (Å²) in [6.07, 6.45) is 0. The molecule has 25 aromatic carbocycles. The molecule has 0 atom stereocenters. The minimum absolute atomic E-state index is 1.12. The van der Waals surface area contributed by atoms with Gasteiger partial charge in [0.05, 0.1) is 22.1 Å². The van der Waals surface area contributed by atoms with Crippen LogP contribution < -0.4 is 9.80 Å². The summed E-state index contributed by atoms with van der Waals surface area (Å²) >= 11 is 0. The zero-order chi connectivity index (χ0) is 85.2. The molecule has 0 N–H and O–H groups in total. The van der Waals surface area contributed by atoms with Crippen LogP contribution in [0.4, 0.5) is 34.1 Å². The van der Waals surface area contributed by atoms with Crippen LogP contribution in [0.25, 0.3) is 229 Å². The van der Waals surface area contributed by atoms with Gasteiger partial charge >= 0.3 is 0 Å². The molecule has 1 aliphatic carbocycles. The van der Waals surface area contributed by atoms with E-state index in [2.05, 4.69) is 492 Å². The number of hydrogen-bond donors (Lipinski definition) is 0. The van der Waals surface area contributed by atoms with Crippen molar-refractivity contribution in [2.24, 2.45) is 0 Å². The number of para-hydroxylation sites is 6. The lowest BCUT2D eigenvalue weighted by Crippen LogP contribution is -2.09. The molecule has 4 heteroatoms. The van der Waals surface area contributed by atoms with Crippen molar-refractivity contribution in [1.82, 2.24) is 9.13 Å². The topological polar surface area (TPSA) is 16.3 Å². The van der Waals surface area contributed by atoms with Crippen LogP contribution in [0.15, 0.2) is 473 Å². The second kappa shape index (κ2) is 29.2. The lowest BCUT2D eigenvalue weighted by atomic mass is 9.88. The molecule has 2 aromatic heterocycles. The molecule has 0 aliphatic heterocycles. The molecule has 28 rings (SSSR count). The number of nitrogens with zero attached hydrogens (tertiary/aromatic N) is 4. The van der Waals surface area contributed by atoms with Crippen molar-refractivity contribution in [2.75, 3.05) is 9.80 Å². The Balaban J connectivity index is 0.000000134. The van der Waals surface area contributed by atoms with Crippen LogP contribution >= 0.6 is 0 Å². The first-order valence-corrected chi connectivity index (χ1v) is 45.0. The molecule has 0 saturated carbocycles. The van der Waals surface area contributed by atoms with Gasteiger partial charge in [-0.2, -0.15) is 0 Å². The lowest BCUT2D eigenvalue weighted by Gasteiger charge is -2.25. The maximum absolute atomic E-state index is 2.50. The van der Waals surface area contributed by atoms with Gasteiger partial charge in [-0.1, -0.05) is 334 Å². The minimum Gasteiger partial charge on any atom is -0.311 e. The van der Waals surface area contributed by atoms with Crippen molar-refractivity contribution in [3.8, 4) is 78.1 Å². The molecule has 0 saturated heterocycles. The Morgan fingerprint density at radius 2 is 0.423 bits per heavy atom. The summed E-state index contributed by atoms with van der Waals surface area (Å²) in [7, 11) is 0. The fraction of sp³-hybridized carbons (Fsp3) is 0. The Bertz CT molecular complexity index is 9100. The van der Waals surface area contributed by atoms with Gasteiger partial charge < -0.3 is 18.9 Å². The Labute approximate surface area is 750 Å². The third kappa shape index (κ3) is 11.3. The van der Waals surface area contributed by atoms with Crippen LogP contribution in [-0.2, 0) is 0 Å². The van der Waals surface area contributed by atoms with Gasteiger partial charge in [-0.25, -0.2) is 0 Å². The highest BCUT2D eigenvalue weighted by Crippen LogP contribution is 2.54. The predicted octanol–water partition coefficient (Wildman–Crippen LogP) is 35.2. The van der Waals surface area contributed by atoms with E-state index in [-0.39, 0.29) is 0 Å². The second-order valence-electron chi connectivity index (χ2n) is 34.8. The fourth-order valence-electron chi connectivity index (χ4n) is 22.2. The first-order valence-electron chi connectivity index (χ1n) is 45.0. The van der Waals surface area contributed by atoms with E-state index in [0.29, 0.717) is 0 Å². The fourth-order valence-corrected chi connectivity index (χ4v) is 22.2. The highest BCUT2D eigenvalue weighted by molar-refractivity contribution is 6.36. The van der Waals surface area contributed by atoms with Crippen molar-refractivity contribution in [1.29, 1.82) is 0 Å². The van der Waals surface area contributed by atoms with Crippen LogP contribution in [0.3, 0.4) is 0 Å². The third-order valence-corrected chi connectivity index (χ3v) is 27.9. The summed E-state index contributed by atoms with van der Waals surface area (Å²) in [6.45, 7) is 0. The molecule has 4 nitrogen and oxygen atoms in total. The SMILES string of the molecule is c1ccc(N(c2ccccc2)c2ccc(-c3ccc4ccc5c6c(ccc3c46)cc3c4cc(-c6ccc7c8c(cccc68)-c6ccccc6-7)ccc4n(-c4ccccc4)c35)cc2)cc1.c1ccc(N(c2ccccc2)c2ccc(-c3ccc4ccc5c6c(ccc3c46)cc3c4cc(-c6ccc7c8ccccc8c8ccccc8c7c6)ccc4n(-c4ccccc4)c35)cc2)cc1. The molecule has 0 amide bonds. The summed E-state index contributed by atoms with van der Waals surface area (Å²) in [5.41, 5.74) is 29.1. The number of anilines is 6. The molecule has 0 unspecified atom stereocenters. The average Bonchev–Trinajstić information content (AvgIpc) is 1.50. The van der Waals surface area contributed by atoms with Crippen LogP contribution in [0.5, 0.6) is 0 Å². The van der Waals surface area contributed by atoms with Crippen LogP contribution in [0, 0.1) is 0 Å². The molecule has 0 radical (unpaired) electrons. The van der Waals surface area contributed by atoms with E-state index in [1.165, 1.54) is 218 Å². The molecule has 602 valence electrons. The normalized spacial score (nSPS) is 12.0. The summed E-state index contributed by atoms with van der Waals surface area (Å²) in [6, 6.07) is 175. The molecule has 27 aromatic rings. The molecule has 130 heavy (non-hydrogen) atoms. The molecule has 0 fully saturated rings. The second-order valence-corrected chi connectivity index (χ2v) is 34.8. The first kappa shape index (κ1) is 73.2. The largest absolute Gasteiger partial charge is 0.311 e. The van der Waals surface area contributed by atoms with E-state index < -0.39 is 0 Å². The Morgan fingerprint density at radius 1 is 0.138 bits per heavy atom. The van der Waals surface area contributed by atoms with Gasteiger partial charge in [0.15, 0.2) is 0 Å². The van der Waals surface area contributed by atoms with Crippen molar-refractivity contribution < 1.29 is 0 Å². The van der Waals surface area contributed by atoms with Crippen LogP contribution in [0.1, 0.15) is 0 Å². The maximum Gasteiger partial charge on any atom is 0.0620 e. The van der Waals surface area contributed by atoms with E-state index in [4.69, 9.17) is 0 Å². The number of aromatic nitrogens is 2. The van der Waals surface area contributed by atoms with Crippen LogP contribution in [-0.4, -0.2) is 9.13 Å². The Kier molecular flexibility index (Phi) is 16.4. The molecule has 0 spiro atoms. The first-order chi connectivity index (χ1) is 64.5. The number of hydrogen-bond acceptors (Lipinski definition) is 2. The predicted molar refractivity (Wildman–Crippen MR) is 555 cm³/mol. The Hall–Kier alpha value is -17.2. The van der Waals surface area contributed by atoms with Gasteiger partial charge in [0.1, 0.15) is 0 Å². The van der Waals surface area contributed by atoms with Gasteiger partial charge in [0.2, 0.25) is 0 Å². The van der Waals surface area contributed by atoms with E-state index in [0.717, 1.165) is 45.5 Å². The number of benzene rings is 25. The van der Waals surface area contributed by atoms with Crippen molar-refractivity contribution in [2.45, 2.75) is 0 Å². The van der Waals surface area contributed by atoms with Gasteiger partial charge in [0.25, 0.3) is 0 Å². The molecular weight excluding hydrogens is 1570 g/mol. The zero-order valence-electron chi connectivity index (χ0n) is 70.8. The standard InChI is InChI=1S/C64H40N2.C62H38N2/c1-4-14-46(15-5-1)65(47-16-6-2-7-17-47)49-31-24-41(25-32-49)50-33-26-42-27-36-57-63-45(29-35-56(50)62(42)63)40-60-59-39-44(30-37-61(59)66(64(57)60)48-18-8-3-9-19-48)43-28-34-55-53-22-11-10-20-51(53)52-21-12-13-23-54(52)58(55)38-43;1-4-13-43(14-5-1)63(44-15-6-2-7-16-44)46-29-23-39(24-30-46)47-31-25-40-26-33-55-60-42(27-32-53(47)59(40)60)38-57-56-37-41(28-36-58(56)64(62(55)57)45-17-8-3-9-18-45)48-34-35-54-50-20-11-10-19-49(50)52-22-12-21-51(48)61(52)54/h1-40H;1-38H. The lowest BCUT2D eigenvalue weighted by molar-refractivity contribution is 1.19. The minimum atomic E-state index is 1.12. The molecule has 1 aliphatic rings. The third-order valence-electron chi connectivity index (χ3n) is 27.9. The smallest absolute Gasteiger partial charge is 0.0620 e. The highest BCUT2D eigenvalue weighted by Gasteiger charge is 2.28. The van der Waals surface area contributed by atoms with E-state index >= 15 is 0 Å². The Morgan fingerprint density at radius 3 is 0.885 bits per heavy atom. The van der Waals surface area contributed by atoms with E-state index in [1.54, 1.807) is 0 Å². The van der Waals surface area contributed by atoms with Crippen molar-refractivity contribution in [3.63, 3.8) is 0 Å². The van der Waals surface area contributed by atoms with E-state index in [9.17, 15) is 0 Å². The van der Waals surface area contributed by atoms with E-state index in [1.807, 2.05) is 0 Å². The number of rotatable bonds is 12. The average molecular weight is 1650 g/mol. The maximum atomic E-state index is 2.50. The molecule has 0 bridgehead atoms. The van der Waals surface area contributed by atoms with Gasteiger partial charge in [0, 0.05) is 77.8 Å². The van der Waals surface area contributed by atoms with Crippen molar-refractivity contribution in [3.05, 3.63) is 473 Å². The molecule has 2 heterocycles. The monoisotopic (exact) mass is 1650 g/mol. The quantitative estimate of drug-likeness (QED) is 0.113.